The van der Waals surface area contributed by atoms with E-state index in [-0.39, 0.29) is 16.7 Å². The fourth-order valence-corrected chi connectivity index (χ4v) is 3.97. The van der Waals surface area contributed by atoms with Crippen molar-refractivity contribution in [3.8, 4) is 5.75 Å². The Balaban J connectivity index is 1.82. The van der Waals surface area contributed by atoms with Crippen LogP contribution in [0.5, 0.6) is 5.75 Å². The molecule has 3 aromatic rings. The molecule has 170 valence electrons. The van der Waals surface area contributed by atoms with Crippen LogP contribution in [0.2, 0.25) is 0 Å². The number of aliphatic hydroxyl groups excluding tert-OH is 1. The molecule has 1 unspecified atom stereocenters. The average molecular weight is 446 g/mol. The van der Waals surface area contributed by atoms with Gasteiger partial charge in [-0.3, -0.25) is 14.5 Å². The van der Waals surface area contributed by atoms with Crippen molar-refractivity contribution in [3.63, 3.8) is 0 Å². The first-order chi connectivity index (χ1) is 15.7. The van der Waals surface area contributed by atoms with Crippen LogP contribution < -0.4 is 9.64 Å². The zero-order valence-corrected chi connectivity index (χ0v) is 19.2. The van der Waals surface area contributed by atoms with Gasteiger partial charge in [-0.1, -0.05) is 32.9 Å². The standard InChI is InChI=1S/C27H27NO5/c1-5-32-20-14-8-17(9-15-20)24(29)22-23(21-7-6-16-33-21)28(26(31)25(22)30)19-12-10-18(11-13-19)27(2,3)4/h6-16,23,29H,5H2,1-4H3/b24-22-. The Morgan fingerprint density at radius 3 is 2.24 bits per heavy atom. The molecule has 2 heterocycles. The zero-order chi connectivity index (χ0) is 23.8. The van der Waals surface area contributed by atoms with E-state index < -0.39 is 17.7 Å². The maximum atomic E-state index is 13.1. The van der Waals surface area contributed by atoms with Crippen LogP contribution in [0.3, 0.4) is 0 Å². The fraction of sp³-hybridized carbons (Fsp3) is 0.259. The number of carbonyl (C=O) groups is 2. The van der Waals surface area contributed by atoms with Gasteiger partial charge in [-0.2, -0.15) is 0 Å². The van der Waals surface area contributed by atoms with Gasteiger partial charge in [-0.15, -0.1) is 0 Å². The van der Waals surface area contributed by atoms with Crippen LogP contribution in [0.4, 0.5) is 5.69 Å². The van der Waals surface area contributed by atoms with Gasteiger partial charge in [0.25, 0.3) is 11.7 Å². The highest BCUT2D eigenvalue weighted by molar-refractivity contribution is 6.51. The summed E-state index contributed by atoms with van der Waals surface area (Å²) < 4.78 is 11.1. The quantitative estimate of drug-likeness (QED) is 0.314. The van der Waals surface area contributed by atoms with Crippen LogP contribution in [0.15, 0.2) is 76.9 Å². The molecule has 0 aliphatic carbocycles. The van der Waals surface area contributed by atoms with E-state index in [1.165, 1.54) is 11.2 Å². The summed E-state index contributed by atoms with van der Waals surface area (Å²) in [5, 5.41) is 11.1. The molecule has 0 bridgehead atoms. The Morgan fingerprint density at radius 1 is 1.03 bits per heavy atom. The molecule has 1 aromatic heterocycles. The van der Waals surface area contributed by atoms with E-state index in [9.17, 15) is 14.7 Å². The minimum absolute atomic E-state index is 0.0148. The molecule has 1 amide bonds. The molecule has 6 heteroatoms. The van der Waals surface area contributed by atoms with Crippen LogP contribution in [0.25, 0.3) is 5.76 Å². The number of ketones is 1. The molecule has 1 aliphatic rings. The molecule has 1 fully saturated rings. The topological polar surface area (TPSA) is 80.0 Å². The lowest BCUT2D eigenvalue weighted by Gasteiger charge is -2.25. The molecule has 1 N–H and O–H groups in total. The van der Waals surface area contributed by atoms with Crippen molar-refractivity contribution >= 4 is 23.1 Å². The number of aliphatic hydroxyl groups is 1. The summed E-state index contributed by atoms with van der Waals surface area (Å²) in [5.41, 5.74) is 2.00. The number of anilines is 1. The highest BCUT2D eigenvalue weighted by Gasteiger charge is 2.48. The second kappa shape index (κ2) is 8.62. The summed E-state index contributed by atoms with van der Waals surface area (Å²) in [4.78, 5) is 27.7. The minimum Gasteiger partial charge on any atom is -0.507 e. The predicted octanol–water partition coefficient (Wildman–Crippen LogP) is 5.60. The van der Waals surface area contributed by atoms with Crippen molar-refractivity contribution in [1.29, 1.82) is 0 Å². The van der Waals surface area contributed by atoms with Crippen LogP contribution in [-0.4, -0.2) is 23.4 Å². The van der Waals surface area contributed by atoms with Gasteiger partial charge in [0.2, 0.25) is 0 Å². The van der Waals surface area contributed by atoms with Crippen molar-refractivity contribution < 1.29 is 23.8 Å². The number of hydrogen-bond donors (Lipinski definition) is 1. The van der Waals surface area contributed by atoms with Gasteiger partial charge in [0.15, 0.2) is 0 Å². The van der Waals surface area contributed by atoms with Crippen molar-refractivity contribution in [1.82, 2.24) is 0 Å². The summed E-state index contributed by atoms with van der Waals surface area (Å²) in [6, 6.07) is 16.8. The van der Waals surface area contributed by atoms with Gasteiger partial charge >= 0.3 is 0 Å². The Labute approximate surface area is 193 Å². The van der Waals surface area contributed by atoms with Gasteiger partial charge in [0, 0.05) is 11.3 Å². The Morgan fingerprint density at radius 2 is 1.70 bits per heavy atom. The molecule has 6 nitrogen and oxygen atoms in total. The van der Waals surface area contributed by atoms with Gasteiger partial charge in [0.1, 0.15) is 23.3 Å². The maximum Gasteiger partial charge on any atom is 0.300 e. The normalized spacial score (nSPS) is 18.1. The second-order valence-corrected chi connectivity index (χ2v) is 8.94. The number of hydrogen-bond acceptors (Lipinski definition) is 5. The lowest BCUT2D eigenvalue weighted by molar-refractivity contribution is -0.132. The first-order valence-electron chi connectivity index (χ1n) is 10.9. The summed E-state index contributed by atoms with van der Waals surface area (Å²) >= 11 is 0. The molecule has 33 heavy (non-hydrogen) atoms. The van der Waals surface area contributed by atoms with E-state index >= 15 is 0 Å². The number of benzene rings is 2. The smallest absolute Gasteiger partial charge is 0.300 e. The molecule has 0 spiro atoms. The van der Waals surface area contributed by atoms with Crippen LogP contribution in [0, 0.1) is 0 Å². The number of Topliss-reactive ketones (excluding diaryl/α,β-unsaturated/α-hetero) is 1. The van der Waals surface area contributed by atoms with E-state index in [0.29, 0.717) is 29.4 Å². The number of rotatable bonds is 5. The van der Waals surface area contributed by atoms with Crippen molar-refractivity contribution in [2.45, 2.75) is 39.2 Å². The largest absolute Gasteiger partial charge is 0.507 e. The zero-order valence-electron chi connectivity index (χ0n) is 19.2. The second-order valence-electron chi connectivity index (χ2n) is 8.94. The molecular formula is C27H27NO5. The van der Waals surface area contributed by atoms with E-state index in [1.807, 2.05) is 31.2 Å². The lowest BCUT2D eigenvalue weighted by Crippen LogP contribution is -2.29. The van der Waals surface area contributed by atoms with Crippen molar-refractivity contribution in [2.24, 2.45) is 0 Å². The summed E-state index contributed by atoms with van der Waals surface area (Å²) in [6.07, 6.45) is 1.48. The van der Waals surface area contributed by atoms with Gasteiger partial charge in [-0.05, 0) is 66.4 Å². The van der Waals surface area contributed by atoms with E-state index in [1.54, 1.807) is 36.4 Å². The van der Waals surface area contributed by atoms with Crippen LogP contribution in [0.1, 0.15) is 50.6 Å². The third kappa shape index (κ3) is 4.16. The Hall–Kier alpha value is -3.80. The molecule has 1 saturated heterocycles. The van der Waals surface area contributed by atoms with Crippen LogP contribution in [-0.2, 0) is 15.0 Å². The Bertz CT molecular complexity index is 1180. The summed E-state index contributed by atoms with van der Waals surface area (Å²) in [7, 11) is 0. The first kappa shape index (κ1) is 22.4. The molecule has 2 aromatic carbocycles. The molecule has 1 atom stereocenters. The monoisotopic (exact) mass is 445 g/mol. The maximum absolute atomic E-state index is 13.1. The van der Waals surface area contributed by atoms with E-state index in [0.717, 1.165) is 5.56 Å². The van der Waals surface area contributed by atoms with Crippen molar-refractivity contribution in [2.75, 3.05) is 11.5 Å². The van der Waals surface area contributed by atoms with E-state index in [4.69, 9.17) is 9.15 Å². The number of carbonyl (C=O) groups excluding carboxylic acids is 2. The fourth-order valence-electron chi connectivity index (χ4n) is 3.97. The number of nitrogens with zero attached hydrogens (tertiary/aromatic N) is 1. The predicted molar refractivity (Wildman–Crippen MR) is 126 cm³/mol. The molecule has 0 radical (unpaired) electrons. The molecule has 4 rings (SSSR count). The summed E-state index contributed by atoms with van der Waals surface area (Å²) in [5.74, 6) is -0.695. The van der Waals surface area contributed by atoms with Gasteiger partial charge in [0.05, 0.1) is 18.4 Å². The third-order valence-corrected chi connectivity index (χ3v) is 5.71. The molecule has 1 aliphatic heterocycles. The highest BCUT2D eigenvalue weighted by Crippen LogP contribution is 2.42. The SMILES string of the molecule is CCOc1ccc(/C(O)=C2/C(=O)C(=O)N(c3ccc(C(C)(C)C)cc3)C2c2ccco2)cc1. The number of furan rings is 1. The number of amides is 1. The van der Waals surface area contributed by atoms with E-state index in [2.05, 4.69) is 20.8 Å². The van der Waals surface area contributed by atoms with Crippen LogP contribution >= 0.6 is 0 Å². The molecule has 0 saturated carbocycles. The molecular weight excluding hydrogens is 418 g/mol. The minimum atomic E-state index is -0.882. The van der Waals surface area contributed by atoms with Crippen molar-refractivity contribution in [3.05, 3.63) is 89.4 Å². The lowest BCUT2D eigenvalue weighted by atomic mass is 9.87. The third-order valence-electron chi connectivity index (χ3n) is 5.71. The first-order valence-corrected chi connectivity index (χ1v) is 10.9. The number of ether oxygens (including phenoxy) is 1. The van der Waals surface area contributed by atoms with Gasteiger partial charge in [-0.25, -0.2) is 0 Å². The highest BCUT2D eigenvalue weighted by atomic mass is 16.5. The summed E-state index contributed by atoms with van der Waals surface area (Å²) in [6.45, 7) is 8.71. The van der Waals surface area contributed by atoms with Gasteiger partial charge < -0.3 is 14.3 Å². The average Bonchev–Trinajstić information content (AvgIpc) is 3.41. The Kier molecular flexibility index (Phi) is 5.85.